The zero-order chi connectivity index (χ0) is 14.6. The van der Waals surface area contributed by atoms with Crippen molar-refractivity contribution in [2.75, 3.05) is 24.6 Å². The van der Waals surface area contributed by atoms with Gasteiger partial charge in [0.15, 0.2) is 5.69 Å². The summed E-state index contributed by atoms with van der Waals surface area (Å²) in [6.07, 6.45) is 4.04. The van der Waals surface area contributed by atoms with Gasteiger partial charge in [-0.2, -0.15) is 0 Å². The lowest BCUT2D eigenvalue weighted by molar-refractivity contribution is 0.0690. The number of pyridine rings is 1. The predicted molar refractivity (Wildman–Crippen MR) is 77.1 cm³/mol. The lowest BCUT2D eigenvalue weighted by Gasteiger charge is -2.42. The Morgan fingerprint density at radius 1 is 1.50 bits per heavy atom. The minimum absolute atomic E-state index is 0.0677. The number of piperidine rings is 1. The second kappa shape index (κ2) is 6.22. The van der Waals surface area contributed by atoms with E-state index in [0.29, 0.717) is 5.82 Å². The largest absolute Gasteiger partial charge is 0.477 e. The van der Waals surface area contributed by atoms with Crippen molar-refractivity contribution in [2.45, 2.75) is 32.6 Å². The van der Waals surface area contributed by atoms with Crippen LogP contribution in [0.4, 0.5) is 5.82 Å². The quantitative estimate of drug-likeness (QED) is 0.863. The molecule has 0 amide bonds. The number of carboxylic acids is 1. The molecule has 110 valence electrons. The van der Waals surface area contributed by atoms with E-state index in [4.69, 9.17) is 5.11 Å². The molecule has 1 aliphatic rings. The first-order valence-corrected chi connectivity index (χ1v) is 7.16. The molecule has 0 aromatic carbocycles. The number of carbonyl (C=O) groups is 1. The Kier molecular flexibility index (Phi) is 4.60. The first-order chi connectivity index (χ1) is 9.60. The number of aliphatic hydroxyl groups is 1. The van der Waals surface area contributed by atoms with Crippen molar-refractivity contribution >= 4 is 11.8 Å². The molecule has 0 saturated carbocycles. The van der Waals surface area contributed by atoms with Gasteiger partial charge in [-0.15, -0.1) is 0 Å². The third kappa shape index (κ3) is 3.10. The van der Waals surface area contributed by atoms with Gasteiger partial charge in [0.2, 0.25) is 0 Å². The highest BCUT2D eigenvalue weighted by Gasteiger charge is 2.34. The molecule has 2 rings (SSSR count). The van der Waals surface area contributed by atoms with Crippen molar-refractivity contribution in [3.8, 4) is 0 Å². The topological polar surface area (TPSA) is 73.7 Å². The number of anilines is 1. The maximum absolute atomic E-state index is 11.0. The SMILES string of the molecule is CCCC1(CO)CCCN(c2cccc(C(=O)O)n2)C1. The van der Waals surface area contributed by atoms with Gasteiger partial charge in [0, 0.05) is 18.5 Å². The number of nitrogens with zero attached hydrogens (tertiary/aromatic N) is 2. The molecule has 20 heavy (non-hydrogen) atoms. The highest BCUT2D eigenvalue weighted by atomic mass is 16.4. The number of hydrogen-bond acceptors (Lipinski definition) is 4. The Bertz CT molecular complexity index is 474. The van der Waals surface area contributed by atoms with Crippen molar-refractivity contribution in [2.24, 2.45) is 5.41 Å². The molecule has 2 N–H and O–H groups in total. The predicted octanol–water partition coefficient (Wildman–Crippen LogP) is 2.16. The second-order valence-corrected chi connectivity index (χ2v) is 5.62. The van der Waals surface area contributed by atoms with E-state index in [1.807, 2.05) is 6.07 Å². The minimum atomic E-state index is -1.01. The third-order valence-electron chi connectivity index (χ3n) is 4.05. The minimum Gasteiger partial charge on any atom is -0.477 e. The van der Waals surface area contributed by atoms with Crippen LogP contribution in [0, 0.1) is 5.41 Å². The number of rotatable bonds is 5. The molecule has 1 aromatic rings. The molecule has 1 atom stereocenters. The third-order valence-corrected chi connectivity index (χ3v) is 4.05. The van der Waals surface area contributed by atoms with Crippen LogP contribution in [-0.4, -0.2) is 40.9 Å². The Hall–Kier alpha value is -1.62. The lowest BCUT2D eigenvalue weighted by atomic mass is 9.77. The summed E-state index contributed by atoms with van der Waals surface area (Å²) in [6.45, 7) is 3.91. The van der Waals surface area contributed by atoms with Gasteiger partial charge in [-0.1, -0.05) is 19.4 Å². The summed E-state index contributed by atoms with van der Waals surface area (Å²) in [4.78, 5) is 17.3. The average Bonchev–Trinajstić information content (AvgIpc) is 2.48. The highest BCUT2D eigenvalue weighted by Crippen LogP contribution is 2.35. The summed E-state index contributed by atoms with van der Waals surface area (Å²) in [6, 6.07) is 5.06. The molecular formula is C15H22N2O3. The lowest BCUT2D eigenvalue weighted by Crippen LogP contribution is -2.45. The van der Waals surface area contributed by atoms with Crippen LogP contribution in [0.3, 0.4) is 0 Å². The van der Waals surface area contributed by atoms with Gasteiger partial charge in [-0.3, -0.25) is 0 Å². The van der Waals surface area contributed by atoms with Crippen LogP contribution < -0.4 is 4.90 Å². The zero-order valence-electron chi connectivity index (χ0n) is 11.9. The van der Waals surface area contributed by atoms with Crippen molar-refractivity contribution in [1.29, 1.82) is 0 Å². The molecule has 1 saturated heterocycles. The molecule has 0 bridgehead atoms. The maximum Gasteiger partial charge on any atom is 0.354 e. The zero-order valence-corrected chi connectivity index (χ0v) is 11.9. The first kappa shape index (κ1) is 14.8. The summed E-state index contributed by atoms with van der Waals surface area (Å²) < 4.78 is 0. The Morgan fingerprint density at radius 2 is 2.30 bits per heavy atom. The highest BCUT2D eigenvalue weighted by molar-refractivity contribution is 5.85. The fourth-order valence-corrected chi connectivity index (χ4v) is 3.06. The fraction of sp³-hybridized carbons (Fsp3) is 0.600. The van der Waals surface area contributed by atoms with Gasteiger partial charge in [-0.25, -0.2) is 9.78 Å². The van der Waals surface area contributed by atoms with E-state index in [-0.39, 0.29) is 17.7 Å². The Balaban J connectivity index is 2.20. The van der Waals surface area contributed by atoms with E-state index in [9.17, 15) is 9.90 Å². The van der Waals surface area contributed by atoms with Gasteiger partial charge in [-0.05, 0) is 31.4 Å². The van der Waals surface area contributed by atoms with Crippen LogP contribution in [0.5, 0.6) is 0 Å². The van der Waals surface area contributed by atoms with Gasteiger partial charge >= 0.3 is 5.97 Å². The van der Waals surface area contributed by atoms with Crippen LogP contribution >= 0.6 is 0 Å². The van der Waals surface area contributed by atoms with Crippen LogP contribution in [-0.2, 0) is 0 Å². The normalized spacial score (nSPS) is 22.8. The van der Waals surface area contributed by atoms with Crippen molar-refractivity contribution in [1.82, 2.24) is 4.98 Å². The number of aliphatic hydroxyl groups excluding tert-OH is 1. The molecule has 0 spiro atoms. The van der Waals surface area contributed by atoms with E-state index >= 15 is 0 Å². The number of carboxylic acid groups (broad SMARTS) is 1. The van der Waals surface area contributed by atoms with Crippen LogP contribution in [0.1, 0.15) is 43.1 Å². The van der Waals surface area contributed by atoms with E-state index in [2.05, 4.69) is 16.8 Å². The molecule has 1 fully saturated rings. The Labute approximate surface area is 119 Å². The number of hydrogen-bond donors (Lipinski definition) is 2. The summed E-state index contributed by atoms with van der Waals surface area (Å²) in [5, 5.41) is 18.8. The molecule has 2 heterocycles. The van der Waals surface area contributed by atoms with Crippen LogP contribution in [0.15, 0.2) is 18.2 Å². The first-order valence-electron chi connectivity index (χ1n) is 7.16. The number of aromatic carboxylic acids is 1. The summed E-state index contributed by atoms with van der Waals surface area (Å²) in [5.41, 5.74) is -0.00774. The fourth-order valence-electron chi connectivity index (χ4n) is 3.06. The molecule has 1 unspecified atom stereocenters. The molecule has 5 nitrogen and oxygen atoms in total. The Morgan fingerprint density at radius 3 is 2.95 bits per heavy atom. The molecule has 5 heteroatoms. The van der Waals surface area contributed by atoms with Gasteiger partial charge in [0.1, 0.15) is 5.82 Å². The summed E-state index contributed by atoms with van der Waals surface area (Å²) >= 11 is 0. The van der Waals surface area contributed by atoms with E-state index in [1.165, 1.54) is 6.07 Å². The summed E-state index contributed by atoms with van der Waals surface area (Å²) in [7, 11) is 0. The standard InChI is InChI=1S/C15H22N2O3/c1-2-7-15(11-18)8-4-9-17(10-15)13-6-3-5-12(16-13)14(19)20/h3,5-6,18H,2,4,7-11H2,1H3,(H,19,20). The molecular weight excluding hydrogens is 256 g/mol. The smallest absolute Gasteiger partial charge is 0.354 e. The van der Waals surface area contributed by atoms with Gasteiger partial charge in [0.05, 0.1) is 6.61 Å². The molecule has 0 aliphatic carbocycles. The van der Waals surface area contributed by atoms with E-state index in [1.54, 1.807) is 6.07 Å². The monoisotopic (exact) mass is 278 g/mol. The summed E-state index contributed by atoms with van der Waals surface area (Å²) in [5.74, 6) is -0.315. The number of aromatic nitrogens is 1. The average molecular weight is 278 g/mol. The van der Waals surface area contributed by atoms with E-state index < -0.39 is 5.97 Å². The van der Waals surface area contributed by atoms with Crippen molar-refractivity contribution in [3.63, 3.8) is 0 Å². The maximum atomic E-state index is 11.0. The van der Waals surface area contributed by atoms with Gasteiger partial charge < -0.3 is 15.1 Å². The van der Waals surface area contributed by atoms with Crippen LogP contribution in [0.2, 0.25) is 0 Å². The van der Waals surface area contributed by atoms with Crippen molar-refractivity contribution in [3.05, 3.63) is 23.9 Å². The van der Waals surface area contributed by atoms with Crippen LogP contribution in [0.25, 0.3) is 0 Å². The van der Waals surface area contributed by atoms with Gasteiger partial charge in [0.25, 0.3) is 0 Å². The molecule has 1 aromatic heterocycles. The molecule has 0 radical (unpaired) electrons. The van der Waals surface area contributed by atoms with E-state index in [0.717, 1.165) is 38.8 Å². The second-order valence-electron chi connectivity index (χ2n) is 5.62. The molecule has 1 aliphatic heterocycles. The van der Waals surface area contributed by atoms with Crippen molar-refractivity contribution < 1.29 is 15.0 Å².